The van der Waals surface area contributed by atoms with Crippen LogP contribution in [0.25, 0.3) is 0 Å². The average molecular weight is 332 g/mol. The number of ether oxygens (including phenoxy) is 1. The predicted molar refractivity (Wildman–Crippen MR) is 89.2 cm³/mol. The van der Waals surface area contributed by atoms with Gasteiger partial charge in [-0.1, -0.05) is 29.8 Å². The molecule has 0 fully saturated rings. The number of hydrogen-bond acceptors (Lipinski definition) is 3. The number of fused-ring (bicyclic) bond motifs is 1. The van der Waals surface area contributed by atoms with E-state index in [9.17, 15) is 9.59 Å². The van der Waals surface area contributed by atoms with Crippen LogP contribution in [0.4, 0.5) is 0 Å². The van der Waals surface area contributed by atoms with Gasteiger partial charge >= 0.3 is 5.97 Å². The van der Waals surface area contributed by atoms with Crippen LogP contribution < -0.4 is 5.56 Å². The van der Waals surface area contributed by atoms with Gasteiger partial charge in [-0.05, 0) is 37.5 Å². The molecule has 0 unspecified atom stereocenters. The Bertz CT molecular complexity index is 810. The van der Waals surface area contributed by atoms with Crippen molar-refractivity contribution in [1.82, 2.24) is 4.57 Å². The van der Waals surface area contributed by atoms with Gasteiger partial charge in [0, 0.05) is 29.2 Å². The van der Waals surface area contributed by atoms with Crippen molar-refractivity contribution in [2.24, 2.45) is 0 Å². The lowest BCUT2D eigenvalue weighted by Gasteiger charge is -2.13. The zero-order valence-corrected chi connectivity index (χ0v) is 13.7. The lowest BCUT2D eigenvalue weighted by molar-refractivity contribution is 0.0524. The summed E-state index contributed by atoms with van der Waals surface area (Å²) >= 11 is 6.20. The molecule has 0 spiro atoms. The molecular weight excluding hydrogens is 314 g/mol. The first-order valence-corrected chi connectivity index (χ1v) is 8.15. The first kappa shape index (κ1) is 15.8. The smallest absolute Gasteiger partial charge is 0.339 e. The molecule has 23 heavy (non-hydrogen) atoms. The van der Waals surface area contributed by atoms with Crippen LogP contribution in [0.2, 0.25) is 5.02 Å². The molecular formula is C18H18ClNO3. The van der Waals surface area contributed by atoms with Gasteiger partial charge in [0.25, 0.3) is 5.56 Å². The molecule has 1 aliphatic heterocycles. The van der Waals surface area contributed by atoms with Gasteiger partial charge in [-0.3, -0.25) is 4.79 Å². The molecule has 4 nitrogen and oxygen atoms in total. The van der Waals surface area contributed by atoms with Crippen LogP contribution in [0, 0.1) is 0 Å². The molecule has 1 aromatic carbocycles. The number of nitrogens with zero attached hydrogens (tertiary/aromatic N) is 1. The second-order valence-electron chi connectivity index (χ2n) is 5.58. The largest absolute Gasteiger partial charge is 0.462 e. The second kappa shape index (κ2) is 6.59. The molecule has 0 saturated carbocycles. The van der Waals surface area contributed by atoms with Crippen molar-refractivity contribution >= 4 is 17.6 Å². The summed E-state index contributed by atoms with van der Waals surface area (Å²) in [6, 6.07) is 9.11. The number of esters is 1. The Morgan fingerprint density at radius 3 is 2.83 bits per heavy atom. The van der Waals surface area contributed by atoms with Crippen LogP contribution in [0.1, 0.15) is 40.5 Å². The van der Waals surface area contributed by atoms with Gasteiger partial charge in [0.15, 0.2) is 0 Å². The first-order chi connectivity index (χ1) is 11.1. The summed E-state index contributed by atoms with van der Waals surface area (Å²) < 4.78 is 6.85. The fourth-order valence-corrected chi connectivity index (χ4v) is 3.23. The van der Waals surface area contributed by atoms with E-state index in [4.69, 9.17) is 16.3 Å². The molecule has 3 rings (SSSR count). The molecule has 2 heterocycles. The fraction of sp³-hybridized carbons (Fsp3) is 0.333. The summed E-state index contributed by atoms with van der Waals surface area (Å²) in [7, 11) is 0. The van der Waals surface area contributed by atoms with Crippen molar-refractivity contribution in [3.63, 3.8) is 0 Å². The van der Waals surface area contributed by atoms with E-state index >= 15 is 0 Å². The summed E-state index contributed by atoms with van der Waals surface area (Å²) in [5.41, 5.74) is 2.71. The summed E-state index contributed by atoms with van der Waals surface area (Å²) in [5.74, 6) is -0.362. The van der Waals surface area contributed by atoms with Gasteiger partial charge in [-0.2, -0.15) is 0 Å². The molecule has 120 valence electrons. The van der Waals surface area contributed by atoms with Gasteiger partial charge in [0.2, 0.25) is 0 Å². The molecule has 5 heteroatoms. The lowest BCUT2D eigenvalue weighted by atomic mass is 10.0. The Morgan fingerprint density at radius 1 is 1.30 bits per heavy atom. The maximum absolute atomic E-state index is 12.7. The number of carbonyl (C=O) groups excluding carboxylic acids is 1. The minimum absolute atomic E-state index is 0.0366. The lowest BCUT2D eigenvalue weighted by Crippen LogP contribution is -2.26. The molecule has 0 amide bonds. The minimum atomic E-state index is -0.362. The van der Waals surface area contributed by atoms with E-state index in [0.29, 0.717) is 35.7 Å². The molecule has 0 saturated heterocycles. The third-order valence-electron chi connectivity index (χ3n) is 4.10. The highest BCUT2D eigenvalue weighted by Crippen LogP contribution is 2.22. The number of aromatic nitrogens is 1. The third-order valence-corrected chi connectivity index (χ3v) is 4.47. The predicted octanol–water partition coefficient (Wildman–Crippen LogP) is 3.22. The van der Waals surface area contributed by atoms with Gasteiger partial charge in [0.1, 0.15) is 0 Å². The van der Waals surface area contributed by atoms with Crippen LogP contribution in [0.15, 0.2) is 35.1 Å². The SMILES string of the molecule is CCOC(=O)c1cc(Cc2ccccc2Cl)c(=O)n2c1CCC2. The molecule has 0 bridgehead atoms. The molecule has 0 aliphatic carbocycles. The summed E-state index contributed by atoms with van der Waals surface area (Å²) in [6.45, 7) is 2.74. The van der Waals surface area contributed by atoms with E-state index in [0.717, 1.165) is 24.1 Å². The molecule has 2 aromatic rings. The third kappa shape index (κ3) is 3.04. The summed E-state index contributed by atoms with van der Waals surface area (Å²) in [6.07, 6.45) is 2.01. The van der Waals surface area contributed by atoms with Gasteiger partial charge in [0.05, 0.1) is 12.2 Å². The van der Waals surface area contributed by atoms with E-state index in [1.165, 1.54) is 0 Å². The Hall–Kier alpha value is -2.07. The molecule has 0 atom stereocenters. The second-order valence-corrected chi connectivity index (χ2v) is 5.99. The fourth-order valence-electron chi connectivity index (χ4n) is 3.03. The van der Waals surface area contributed by atoms with Crippen molar-refractivity contribution in [3.05, 3.63) is 68.1 Å². The Balaban J connectivity index is 2.07. The normalized spacial score (nSPS) is 13.0. The first-order valence-electron chi connectivity index (χ1n) is 7.78. The summed E-state index contributed by atoms with van der Waals surface area (Å²) in [4.78, 5) is 24.9. The standard InChI is InChI=1S/C18H18ClNO3/c1-2-23-18(22)14-11-13(10-12-6-3-4-7-15(12)19)17(21)20-9-5-8-16(14)20/h3-4,6-7,11H,2,5,8-10H2,1H3. The van der Waals surface area contributed by atoms with Crippen LogP contribution >= 0.6 is 11.6 Å². The highest BCUT2D eigenvalue weighted by atomic mass is 35.5. The molecule has 1 aromatic heterocycles. The molecule has 1 aliphatic rings. The van der Waals surface area contributed by atoms with Crippen LogP contribution in [0.5, 0.6) is 0 Å². The number of hydrogen-bond donors (Lipinski definition) is 0. The zero-order valence-electron chi connectivity index (χ0n) is 13.0. The average Bonchev–Trinajstić information content (AvgIpc) is 3.02. The van der Waals surface area contributed by atoms with E-state index in [1.807, 2.05) is 18.2 Å². The summed E-state index contributed by atoms with van der Waals surface area (Å²) in [5, 5.41) is 0.620. The van der Waals surface area contributed by atoms with E-state index in [2.05, 4.69) is 0 Å². The van der Waals surface area contributed by atoms with Gasteiger partial charge in [-0.15, -0.1) is 0 Å². The monoisotopic (exact) mass is 331 g/mol. The van der Waals surface area contributed by atoms with E-state index in [1.54, 1.807) is 23.6 Å². The van der Waals surface area contributed by atoms with E-state index in [-0.39, 0.29) is 11.5 Å². The maximum Gasteiger partial charge on any atom is 0.339 e. The maximum atomic E-state index is 12.7. The van der Waals surface area contributed by atoms with Gasteiger partial charge in [-0.25, -0.2) is 4.79 Å². The van der Waals surface area contributed by atoms with Crippen molar-refractivity contribution in [2.45, 2.75) is 32.7 Å². The number of rotatable bonds is 4. The molecule has 0 radical (unpaired) electrons. The number of carbonyl (C=O) groups is 1. The quantitative estimate of drug-likeness (QED) is 0.808. The number of pyridine rings is 1. The molecule has 0 N–H and O–H groups in total. The number of benzene rings is 1. The van der Waals surface area contributed by atoms with Crippen molar-refractivity contribution < 1.29 is 9.53 Å². The topological polar surface area (TPSA) is 48.3 Å². The van der Waals surface area contributed by atoms with Crippen molar-refractivity contribution in [1.29, 1.82) is 0 Å². The highest BCUT2D eigenvalue weighted by Gasteiger charge is 2.23. The van der Waals surface area contributed by atoms with Crippen molar-refractivity contribution in [3.8, 4) is 0 Å². The zero-order chi connectivity index (χ0) is 16.4. The minimum Gasteiger partial charge on any atom is -0.462 e. The van der Waals surface area contributed by atoms with Crippen molar-refractivity contribution in [2.75, 3.05) is 6.61 Å². The Labute approximate surface area is 139 Å². The Morgan fingerprint density at radius 2 is 2.09 bits per heavy atom. The van der Waals surface area contributed by atoms with E-state index < -0.39 is 0 Å². The van der Waals surface area contributed by atoms with Crippen LogP contribution in [0.3, 0.4) is 0 Å². The number of halogens is 1. The van der Waals surface area contributed by atoms with Crippen LogP contribution in [-0.4, -0.2) is 17.1 Å². The van der Waals surface area contributed by atoms with Crippen LogP contribution in [-0.2, 0) is 24.1 Å². The van der Waals surface area contributed by atoms with Gasteiger partial charge < -0.3 is 9.30 Å². The Kier molecular flexibility index (Phi) is 4.53. The highest BCUT2D eigenvalue weighted by molar-refractivity contribution is 6.31.